The van der Waals surface area contributed by atoms with Gasteiger partial charge in [0.05, 0.1) is 11.3 Å². The zero-order valence-electron chi connectivity index (χ0n) is 18.7. The Morgan fingerprint density at radius 3 is 2.82 bits per heavy atom. The van der Waals surface area contributed by atoms with E-state index in [1.165, 1.54) is 16.9 Å². The summed E-state index contributed by atoms with van der Waals surface area (Å²) in [6.07, 6.45) is 4.52. The van der Waals surface area contributed by atoms with Crippen LogP contribution in [0.3, 0.4) is 0 Å². The molecule has 3 aromatic rings. The first-order chi connectivity index (χ1) is 16.4. The van der Waals surface area contributed by atoms with Crippen molar-refractivity contribution >= 4 is 23.4 Å². The number of carbonyl (C=O) groups is 1. The lowest BCUT2D eigenvalue weighted by molar-refractivity contribution is 0.102. The molecule has 1 saturated carbocycles. The van der Waals surface area contributed by atoms with Crippen LogP contribution in [-0.2, 0) is 0 Å². The Morgan fingerprint density at radius 2 is 2.06 bits per heavy atom. The van der Waals surface area contributed by atoms with E-state index < -0.39 is 11.7 Å². The number of hydrogen-bond donors (Lipinski definition) is 3. The number of anilines is 1. The highest BCUT2D eigenvalue weighted by Gasteiger charge is 2.29. The first-order valence-electron chi connectivity index (χ1n) is 11.2. The van der Waals surface area contributed by atoms with E-state index in [1.807, 2.05) is 0 Å². The third-order valence-electron chi connectivity index (χ3n) is 5.99. The minimum atomic E-state index is -0.678. The molecule has 0 spiro atoms. The van der Waals surface area contributed by atoms with Gasteiger partial charge in [0.25, 0.3) is 5.91 Å². The van der Waals surface area contributed by atoms with Gasteiger partial charge in [-0.2, -0.15) is 0 Å². The molecule has 1 aliphatic heterocycles. The lowest BCUT2D eigenvalue weighted by atomic mass is 10.1. The maximum atomic E-state index is 14.7. The van der Waals surface area contributed by atoms with Gasteiger partial charge in [0.2, 0.25) is 0 Å². The molecule has 0 atom stereocenters. The number of nitrogens with one attached hydrogen (secondary N) is 3. The SMILES string of the molecule is Cc1cc(F)c(C(=O)Nc2cccc(C(=N)N3CCCCC3=N)n2)cc1-n1nnc(C2CC2)n1. The van der Waals surface area contributed by atoms with Crippen LogP contribution in [0.15, 0.2) is 30.3 Å². The van der Waals surface area contributed by atoms with Crippen LogP contribution >= 0.6 is 0 Å². The zero-order chi connectivity index (χ0) is 23.8. The second kappa shape index (κ2) is 8.73. The minimum absolute atomic E-state index is 0.105. The smallest absolute Gasteiger partial charge is 0.259 e. The van der Waals surface area contributed by atoms with Gasteiger partial charge in [0.1, 0.15) is 23.2 Å². The van der Waals surface area contributed by atoms with Crippen molar-refractivity contribution in [2.24, 2.45) is 0 Å². The summed E-state index contributed by atoms with van der Waals surface area (Å²) in [7, 11) is 0. The quantitative estimate of drug-likeness (QED) is 0.393. The number of amidine groups is 2. The number of rotatable bonds is 5. The van der Waals surface area contributed by atoms with Crippen molar-refractivity contribution < 1.29 is 9.18 Å². The standard InChI is InChI=1S/C23H24FN9O/c1-13-11-16(24)15(12-18(13)33-30-22(29-31-33)14-8-9-14)23(34)28-20-7-4-5-17(27-20)21(26)32-10-3-2-6-19(32)25/h4-5,7,11-12,14,25-26H,2-3,6,8-10H2,1H3,(H,27,28,34). The van der Waals surface area contributed by atoms with Crippen LogP contribution in [0, 0.1) is 23.6 Å². The summed E-state index contributed by atoms with van der Waals surface area (Å²) in [6, 6.07) is 7.56. The number of carbonyl (C=O) groups excluding carboxylic acids is 1. The highest BCUT2D eigenvalue weighted by Crippen LogP contribution is 2.37. The van der Waals surface area contributed by atoms with Gasteiger partial charge in [-0.15, -0.1) is 15.0 Å². The van der Waals surface area contributed by atoms with Gasteiger partial charge in [-0.25, -0.2) is 9.37 Å². The van der Waals surface area contributed by atoms with E-state index in [4.69, 9.17) is 10.8 Å². The van der Waals surface area contributed by atoms with Crippen molar-refractivity contribution in [1.29, 1.82) is 10.8 Å². The molecule has 2 aromatic heterocycles. The van der Waals surface area contributed by atoms with E-state index in [2.05, 4.69) is 25.7 Å². The number of pyridine rings is 1. The third-order valence-corrected chi connectivity index (χ3v) is 5.99. The van der Waals surface area contributed by atoms with Crippen molar-refractivity contribution in [2.45, 2.75) is 44.9 Å². The van der Waals surface area contributed by atoms with Crippen molar-refractivity contribution in [3.63, 3.8) is 0 Å². The number of aryl methyl sites for hydroxylation is 1. The largest absolute Gasteiger partial charge is 0.314 e. The Labute approximate surface area is 195 Å². The van der Waals surface area contributed by atoms with Gasteiger partial charge >= 0.3 is 0 Å². The summed E-state index contributed by atoms with van der Waals surface area (Å²) in [5.74, 6) is 0.298. The van der Waals surface area contributed by atoms with Gasteiger partial charge in [-0.3, -0.25) is 15.6 Å². The fourth-order valence-electron chi connectivity index (χ4n) is 3.92. The number of benzene rings is 1. The van der Waals surface area contributed by atoms with Crippen LogP contribution in [-0.4, -0.2) is 54.2 Å². The molecule has 1 aliphatic carbocycles. The lowest BCUT2D eigenvalue weighted by Crippen LogP contribution is -2.40. The first-order valence-corrected chi connectivity index (χ1v) is 11.2. The van der Waals surface area contributed by atoms with Crippen LogP contribution < -0.4 is 5.32 Å². The van der Waals surface area contributed by atoms with Crippen molar-refractivity contribution in [1.82, 2.24) is 30.1 Å². The molecule has 1 amide bonds. The third kappa shape index (κ3) is 4.28. The van der Waals surface area contributed by atoms with Gasteiger partial charge in [0.15, 0.2) is 11.7 Å². The molecule has 3 N–H and O–H groups in total. The summed E-state index contributed by atoms with van der Waals surface area (Å²) in [5.41, 5.74) is 1.20. The number of aromatic nitrogens is 5. The van der Waals surface area contributed by atoms with Crippen LogP contribution in [0.1, 0.15) is 65.5 Å². The van der Waals surface area contributed by atoms with Gasteiger partial charge in [-0.05, 0) is 67.6 Å². The number of piperidine rings is 1. The molecule has 0 radical (unpaired) electrons. The second-order valence-electron chi connectivity index (χ2n) is 8.60. The van der Waals surface area contributed by atoms with E-state index in [-0.39, 0.29) is 17.2 Å². The zero-order valence-corrected chi connectivity index (χ0v) is 18.7. The number of hydrogen-bond acceptors (Lipinski definition) is 7. The lowest BCUT2D eigenvalue weighted by Gasteiger charge is -2.29. The maximum Gasteiger partial charge on any atom is 0.259 e. The molecule has 3 heterocycles. The Bertz CT molecular complexity index is 1300. The van der Waals surface area contributed by atoms with Gasteiger partial charge in [0, 0.05) is 18.9 Å². The van der Waals surface area contributed by atoms with Crippen LogP contribution in [0.4, 0.5) is 10.2 Å². The van der Waals surface area contributed by atoms with Crippen molar-refractivity contribution in [3.8, 4) is 5.69 Å². The van der Waals surface area contributed by atoms with Gasteiger partial charge in [-0.1, -0.05) is 6.07 Å². The average Bonchev–Trinajstić information content (AvgIpc) is 3.56. The molecule has 1 aromatic carbocycles. The predicted octanol–water partition coefficient (Wildman–Crippen LogP) is 3.42. The number of likely N-dealkylation sites (tertiary alicyclic amines) is 1. The molecular formula is C23H24FN9O. The molecule has 2 fully saturated rings. The van der Waals surface area contributed by atoms with Crippen LogP contribution in [0.2, 0.25) is 0 Å². The van der Waals surface area contributed by atoms with Gasteiger partial charge < -0.3 is 10.2 Å². The second-order valence-corrected chi connectivity index (χ2v) is 8.60. The predicted molar refractivity (Wildman–Crippen MR) is 123 cm³/mol. The van der Waals surface area contributed by atoms with Crippen molar-refractivity contribution in [3.05, 3.63) is 58.8 Å². The highest BCUT2D eigenvalue weighted by molar-refractivity contribution is 6.07. The van der Waals surface area contributed by atoms with E-state index in [1.54, 1.807) is 30.0 Å². The normalized spacial score (nSPS) is 15.9. The van der Waals surface area contributed by atoms with Crippen molar-refractivity contribution in [2.75, 3.05) is 11.9 Å². The van der Waals surface area contributed by atoms with E-state index in [0.717, 1.165) is 25.7 Å². The maximum absolute atomic E-state index is 14.7. The van der Waals surface area contributed by atoms with E-state index in [9.17, 15) is 9.18 Å². The monoisotopic (exact) mass is 461 g/mol. The molecule has 0 unspecified atom stereocenters. The summed E-state index contributed by atoms with van der Waals surface area (Å²) in [5, 5.41) is 31.7. The molecule has 5 rings (SSSR count). The highest BCUT2D eigenvalue weighted by atomic mass is 19.1. The number of halogens is 1. The molecule has 34 heavy (non-hydrogen) atoms. The fraction of sp³-hybridized carbons (Fsp3) is 0.348. The Hall–Kier alpha value is -4.02. The first kappa shape index (κ1) is 21.8. The molecule has 1 saturated heterocycles. The minimum Gasteiger partial charge on any atom is -0.314 e. The van der Waals surface area contributed by atoms with E-state index >= 15 is 0 Å². The molecular weight excluding hydrogens is 437 g/mol. The van der Waals surface area contributed by atoms with Crippen LogP contribution in [0.5, 0.6) is 0 Å². The molecule has 0 bridgehead atoms. The topological polar surface area (TPSA) is 137 Å². The van der Waals surface area contributed by atoms with Crippen LogP contribution in [0.25, 0.3) is 5.69 Å². The Morgan fingerprint density at radius 1 is 1.24 bits per heavy atom. The summed E-state index contributed by atoms with van der Waals surface area (Å²) in [4.78, 5) is 20.2. The Kier molecular flexibility index (Phi) is 5.60. The molecule has 2 aliphatic rings. The summed E-state index contributed by atoms with van der Waals surface area (Å²) >= 11 is 0. The fourth-order valence-corrected chi connectivity index (χ4v) is 3.92. The average molecular weight is 462 g/mol. The van der Waals surface area contributed by atoms with E-state index in [0.29, 0.717) is 47.5 Å². The number of tetrazole rings is 1. The summed E-state index contributed by atoms with van der Waals surface area (Å²) in [6.45, 7) is 2.31. The molecule has 10 nitrogen and oxygen atoms in total. The Balaban J connectivity index is 1.37. The molecule has 11 heteroatoms. The number of amides is 1. The summed E-state index contributed by atoms with van der Waals surface area (Å²) < 4.78 is 14.7. The number of nitrogens with zero attached hydrogens (tertiary/aromatic N) is 6. The molecule has 174 valence electrons.